The van der Waals surface area contributed by atoms with Crippen LogP contribution in [-0.2, 0) is 9.57 Å². The summed E-state index contributed by atoms with van der Waals surface area (Å²) in [5, 5.41) is 16.3. The Morgan fingerprint density at radius 1 is 1.28 bits per heavy atom. The maximum atomic E-state index is 12.0. The molecule has 1 unspecified atom stereocenters. The number of amides is 1. The molecular formula is C20H21N3O5S. The lowest BCUT2D eigenvalue weighted by molar-refractivity contribution is 0.0577. The molecule has 0 radical (unpaired) electrons. The quantitative estimate of drug-likeness (QED) is 0.765. The van der Waals surface area contributed by atoms with Gasteiger partial charge in [0, 0.05) is 36.4 Å². The second kappa shape index (κ2) is 8.20. The summed E-state index contributed by atoms with van der Waals surface area (Å²) >= 11 is 1.57. The van der Waals surface area contributed by atoms with E-state index in [1.165, 1.54) is 12.0 Å². The standard InChI is InChI=1S/C20H21N3O5S/c1-27-19(24)14-5-3-2-4-13(14)17-10-15(22-28-17)16-11-29-18(21-16)12-6-8-23(9-7-12)20(25)26/h2-5,11-12,17H,6-10H2,1H3,(H,25,26). The van der Waals surface area contributed by atoms with Crippen LogP contribution in [0.3, 0.4) is 0 Å². The molecule has 1 aromatic carbocycles. The number of thiazole rings is 1. The summed E-state index contributed by atoms with van der Waals surface area (Å²) < 4.78 is 4.86. The third-order valence-corrected chi connectivity index (χ3v) is 6.32. The Bertz CT molecular complexity index is 949. The third kappa shape index (κ3) is 3.95. The monoisotopic (exact) mass is 415 g/mol. The fourth-order valence-corrected chi connectivity index (χ4v) is 4.69. The first-order valence-electron chi connectivity index (χ1n) is 9.40. The van der Waals surface area contributed by atoms with E-state index in [1.54, 1.807) is 23.5 Å². The Balaban J connectivity index is 1.43. The van der Waals surface area contributed by atoms with Crippen molar-refractivity contribution in [2.45, 2.75) is 31.3 Å². The summed E-state index contributed by atoms with van der Waals surface area (Å²) in [5.74, 6) is -0.135. The van der Waals surface area contributed by atoms with Crippen molar-refractivity contribution in [2.24, 2.45) is 5.16 Å². The molecule has 1 atom stereocenters. The molecule has 0 saturated carbocycles. The number of likely N-dealkylation sites (tertiary alicyclic amines) is 1. The number of esters is 1. The van der Waals surface area contributed by atoms with Crippen molar-refractivity contribution < 1.29 is 24.3 Å². The number of ether oxygens (including phenoxy) is 1. The van der Waals surface area contributed by atoms with E-state index < -0.39 is 12.1 Å². The maximum absolute atomic E-state index is 12.0. The van der Waals surface area contributed by atoms with Crippen LogP contribution in [-0.4, -0.2) is 53.0 Å². The molecule has 0 bridgehead atoms. The highest BCUT2D eigenvalue weighted by molar-refractivity contribution is 7.10. The third-order valence-electron chi connectivity index (χ3n) is 5.31. The van der Waals surface area contributed by atoms with E-state index in [2.05, 4.69) is 5.16 Å². The summed E-state index contributed by atoms with van der Waals surface area (Å²) in [6, 6.07) is 7.20. The molecule has 0 aliphatic carbocycles. The SMILES string of the molecule is COC(=O)c1ccccc1C1CC(c2csc(C3CCN(C(=O)O)CC3)n2)=NO1. The first kappa shape index (κ1) is 19.4. The normalized spacial score (nSPS) is 19.6. The molecule has 29 heavy (non-hydrogen) atoms. The smallest absolute Gasteiger partial charge is 0.407 e. The van der Waals surface area contributed by atoms with Crippen LogP contribution in [0.2, 0.25) is 0 Å². The minimum absolute atomic E-state index is 0.267. The summed E-state index contributed by atoms with van der Waals surface area (Å²) in [4.78, 5) is 34.9. The zero-order chi connectivity index (χ0) is 20.4. The number of benzene rings is 1. The number of aromatic nitrogens is 1. The highest BCUT2D eigenvalue weighted by Crippen LogP contribution is 2.34. The first-order chi connectivity index (χ1) is 14.1. The number of oxime groups is 1. The molecule has 4 rings (SSSR count). The van der Waals surface area contributed by atoms with Gasteiger partial charge in [0.15, 0.2) is 6.10 Å². The largest absolute Gasteiger partial charge is 0.465 e. The van der Waals surface area contributed by atoms with Crippen molar-refractivity contribution in [3.63, 3.8) is 0 Å². The van der Waals surface area contributed by atoms with Gasteiger partial charge >= 0.3 is 12.1 Å². The Kier molecular flexibility index (Phi) is 5.48. The lowest BCUT2D eigenvalue weighted by Crippen LogP contribution is -2.36. The number of carboxylic acid groups (broad SMARTS) is 1. The van der Waals surface area contributed by atoms with Gasteiger partial charge in [-0.2, -0.15) is 0 Å². The van der Waals surface area contributed by atoms with Crippen molar-refractivity contribution in [1.82, 2.24) is 9.88 Å². The van der Waals surface area contributed by atoms with Gasteiger partial charge in [0.05, 0.1) is 23.4 Å². The molecule has 3 heterocycles. The molecule has 2 aromatic rings. The number of carbonyl (C=O) groups excluding carboxylic acids is 1. The van der Waals surface area contributed by atoms with Crippen LogP contribution in [0.4, 0.5) is 4.79 Å². The number of rotatable bonds is 4. The fourth-order valence-electron chi connectivity index (χ4n) is 3.69. The van der Waals surface area contributed by atoms with Gasteiger partial charge < -0.3 is 19.6 Å². The lowest BCUT2D eigenvalue weighted by Gasteiger charge is -2.28. The van der Waals surface area contributed by atoms with Crippen molar-refractivity contribution in [3.05, 3.63) is 51.5 Å². The van der Waals surface area contributed by atoms with E-state index in [0.717, 1.165) is 34.8 Å². The minimum atomic E-state index is -0.862. The Hall–Kier alpha value is -2.94. The van der Waals surface area contributed by atoms with Crippen molar-refractivity contribution in [1.29, 1.82) is 0 Å². The second-order valence-electron chi connectivity index (χ2n) is 7.03. The van der Waals surface area contributed by atoms with Crippen LogP contribution < -0.4 is 0 Å². The van der Waals surface area contributed by atoms with E-state index in [-0.39, 0.29) is 12.0 Å². The van der Waals surface area contributed by atoms with Crippen LogP contribution in [0, 0.1) is 0 Å². The average molecular weight is 415 g/mol. The van der Waals surface area contributed by atoms with Crippen molar-refractivity contribution in [3.8, 4) is 0 Å². The van der Waals surface area contributed by atoms with Gasteiger partial charge in [-0.3, -0.25) is 0 Å². The number of carbonyl (C=O) groups is 2. The highest BCUT2D eigenvalue weighted by atomic mass is 32.1. The zero-order valence-electron chi connectivity index (χ0n) is 15.9. The molecule has 2 aliphatic heterocycles. The average Bonchev–Trinajstić information content (AvgIpc) is 3.43. The van der Waals surface area contributed by atoms with Crippen molar-refractivity contribution >= 4 is 29.1 Å². The summed E-state index contributed by atoms with van der Waals surface area (Å²) in [7, 11) is 1.36. The summed E-state index contributed by atoms with van der Waals surface area (Å²) in [6.45, 7) is 1.07. The van der Waals surface area contributed by atoms with E-state index in [9.17, 15) is 9.59 Å². The van der Waals surface area contributed by atoms with Crippen molar-refractivity contribution in [2.75, 3.05) is 20.2 Å². The predicted molar refractivity (Wildman–Crippen MR) is 106 cm³/mol. The molecule has 1 fully saturated rings. The highest BCUT2D eigenvalue weighted by Gasteiger charge is 2.30. The van der Waals surface area contributed by atoms with Gasteiger partial charge in [0.2, 0.25) is 0 Å². The van der Waals surface area contributed by atoms with Crippen LogP contribution in [0.5, 0.6) is 0 Å². The molecule has 2 aliphatic rings. The molecule has 152 valence electrons. The van der Waals surface area contributed by atoms with Gasteiger partial charge in [0.25, 0.3) is 0 Å². The van der Waals surface area contributed by atoms with Gasteiger partial charge in [-0.1, -0.05) is 23.4 Å². The molecule has 8 nitrogen and oxygen atoms in total. The molecule has 9 heteroatoms. The van der Waals surface area contributed by atoms with Gasteiger partial charge in [0.1, 0.15) is 5.71 Å². The Morgan fingerprint density at radius 2 is 2.03 bits per heavy atom. The maximum Gasteiger partial charge on any atom is 0.407 e. The number of nitrogens with zero attached hydrogens (tertiary/aromatic N) is 3. The topological polar surface area (TPSA) is 101 Å². The van der Waals surface area contributed by atoms with E-state index in [1.807, 2.05) is 17.5 Å². The number of methoxy groups -OCH3 is 1. The zero-order valence-corrected chi connectivity index (χ0v) is 16.7. The lowest BCUT2D eigenvalue weighted by atomic mass is 9.97. The van der Waals surface area contributed by atoms with Crippen LogP contribution in [0.25, 0.3) is 0 Å². The summed E-state index contributed by atoms with van der Waals surface area (Å²) in [6.07, 6.45) is 0.854. The molecule has 0 spiro atoms. The first-order valence-corrected chi connectivity index (χ1v) is 10.3. The van der Waals surface area contributed by atoms with Gasteiger partial charge in [-0.15, -0.1) is 11.3 Å². The minimum Gasteiger partial charge on any atom is -0.465 e. The molecular weight excluding hydrogens is 394 g/mol. The van der Waals surface area contributed by atoms with Gasteiger partial charge in [-0.25, -0.2) is 14.6 Å². The summed E-state index contributed by atoms with van der Waals surface area (Å²) in [5.41, 5.74) is 2.75. The predicted octanol–water partition coefficient (Wildman–Crippen LogP) is 3.65. The van der Waals surface area contributed by atoms with Crippen LogP contribution >= 0.6 is 11.3 Å². The molecule has 1 amide bonds. The van der Waals surface area contributed by atoms with Gasteiger partial charge in [-0.05, 0) is 18.9 Å². The number of hydrogen-bond donors (Lipinski definition) is 1. The van der Waals surface area contributed by atoms with E-state index in [4.69, 9.17) is 19.7 Å². The molecule has 1 aromatic heterocycles. The Labute approximate surface area is 171 Å². The molecule has 1 N–H and O–H groups in total. The number of piperidine rings is 1. The fraction of sp³-hybridized carbons (Fsp3) is 0.400. The van der Waals surface area contributed by atoms with E-state index in [0.29, 0.717) is 25.1 Å². The second-order valence-corrected chi connectivity index (χ2v) is 7.92. The molecule has 1 saturated heterocycles. The van der Waals surface area contributed by atoms with Crippen LogP contribution in [0.15, 0.2) is 34.8 Å². The Morgan fingerprint density at radius 3 is 2.76 bits per heavy atom. The van der Waals surface area contributed by atoms with Crippen LogP contribution in [0.1, 0.15) is 57.9 Å². The number of hydrogen-bond acceptors (Lipinski definition) is 7. The van der Waals surface area contributed by atoms with E-state index >= 15 is 0 Å².